The van der Waals surface area contributed by atoms with E-state index in [1.165, 1.54) is 17.0 Å². The zero-order chi connectivity index (χ0) is 21.8. The van der Waals surface area contributed by atoms with Gasteiger partial charge in [0.15, 0.2) is 0 Å². The number of hydrogen-bond donors (Lipinski definition) is 2. The number of nitrogens with one attached hydrogen (secondary N) is 1. The van der Waals surface area contributed by atoms with Crippen molar-refractivity contribution < 1.29 is 13.9 Å². The number of aromatic nitrogens is 4. The van der Waals surface area contributed by atoms with E-state index in [9.17, 15) is 13.9 Å². The summed E-state index contributed by atoms with van der Waals surface area (Å²) in [5.41, 5.74) is 2.06. The van der Waals surface area contributed by atoms with E-state index in [2.05, 4.69) is 20.3 Å². The Labute approximate surface area is 182 Å². The molecule has 4 rings (SSSR count). The number of benzene rings is 1. The maximum absolute atomic E-state index is 13.4. The molecule has 3 aromatic heterocycles. The number of hydrogen-bond acceptors (Lipinski definition) is 6. The number of imidazole rings is 1. The van der Waals surface area contributed by atoms with Gasteiger partial charge >= 0.3 is 0 Å². The van der Waals surface area contributed by atoms with Crippen LogP contribution < -0.4 is 5.32 Å². The molecule has 0 radical (unpaired) electrons. The molecule has 0 saturated carbocycles. The van der Waals surface area contributed by atoms with Crippen LogP contribution in [-0.4, -0.2) is 37.3 Å². The first-order valence-corrected chi connectivity index (χ1v) is 10.5. The van der Waals surface area contributed by atoms with Gasteiger partial charge in [-0.25, -0.2) is 23.7 Å². The Kier molecular flexibility index (Phi) is 6.34. The number of halogens is 2. The van der Waals surface area contributed by atoms with Crippen molar-refractivity contribution in [2.24, 2.45) is 0 Å². The maximum atomic E-state index is 13.4. The first-order chi connectivity index (χ1) is 15.0. The van der Waals surface area contributed by atoms with Crippen molar-refractivity contribution in [2.75, 3.05) is 11.9 Å². The van der Waals surface area contributed by atoms with Crippen LogP contribution in [0.3, 0.4) is 0 Å². The third-order valence-corrected chi connectivity index (χ3v) is 5.65. The molecule has 0 unspecified atom stereocenters. The highest BCUT2D eigenvalue weighted by molar-refractivity contribution is 7.15. The Morgan fingerprint density at radius 2 is 1.94 bits per heavy atom. The lowest BCUT2D eigenvalue weighted by Gasteiger charge is -2.15. The minimum absolute atomic E-state index is 0.131. The summed E-state index contributed by atoms with van der Waals surface area (Å²) in [6, 6.07) is 9.00. The maximum Gasteiger partial charge on any atom is 0.223 e. The van der Waals surface area contributed by atoms with Gasteiger partial charge in [0.2, 0.25) is 5.95 Å². The second-order valence-corrected chi connectivity index (χ2v) is 8.51. The highest BCUT2D eigenvalue weighted by atomic mass is 32.1. The van der Waals surface area contributed by atoms with Gasteiger partial charge in [-0.1, -0.05) is 0 Å². The average molecular weight is 442 g/mol. The molecule has 4 aromatic rings. The van der Waals surface area contributed by atoms with E-state index in [4.69, 9.17) is 0 Å². The van der Waals surface area contributed by atoms with E-state index in [1.807, 2.05) is 25.1 Å². The van der Waals surface area contributed by atoms with Crippen LogP contribution in [-0.2, 0) is 13.0 Å². The van der Waals surface area contributed by atoms with Gasteiger partial charge in [-0.3, -0.25) is 0 Å². The largest absolute Gasteiger partial charge is 0.394 e. The number of rotatable bonds is 8. The van der Waals surface area contributed by atoms with Gasteiger partial charge in [0.25, 0.3) is 0 Å². The van der Waals surface area contributed by atoms with Crippen molar-refractivity contribution in [3.63, 3.8) is 0 Å². The Balaban J connectivity index is 1.42. The molecule has 2 N–H and O–H groups in total. The normalized spacial score (nSPS) is 12.1. The first kappa shape index (κ1) is 21.1. The SMILES string of the molecule is Cc1ccc(-c2ccnc(N[C@H](CO)Cc3cn(Cc4cc(F)cc(F)c4)cn3)n2)s1. The number of aryl methyl sites for hydroxylation is 1. The number of anilines is 1. The Hall–Kier alpha value is -3.17. The van der Waals surface area contributed by atoms with Crippen LogP contribution in [0.4, 0.5) is 14.7 Å². The fourth-order valence-corrected chi connectivity index (χ4v) is 4.08. The van der Waals surface area contributed by atoms with E-state index >= 15 is 0 Å². The van der Waals surface area contributed by atoms with Gasteiger partial charge in [-0.05, 0) is 42.8 Å². The Morgan fingerprint density at radius 1 is 1.13 bits per heavy atom. The zero-order valence-corrected chi connectivity index (χ0v) is 17.6. The third kappa shape index (κ3) is 5.50. The third-order valence-electron chi connectivity index (χ3n) is 4.63. The van der Waals surface area contributed by atoms with Crippen LogP contribution in [0.25, 0.3) is 10.6 Å². The zero-order valence-electron chi connectivity index (χ0n) is 16.8. The van der Waals surface area contributed by atoms with Crippen LogP contribution in [0.1, 0.15) is 16.1 Å². The van der Waals surface area contributed by atoms with Crippen LogP contribution >= 0.6 is 11.3 Å². The lowest BCUT2D eigenvalue weighted by atomic mass is 10.2. The molecule has 0 spiro atoms. The molecule has 31 heavy (non-hydrogen) atoms. The first-order valence-electron chi connectivity index (χ1n) is 9.71. The summed E-state index contributed by atoms with van der Waals surface area (Å²) in [6.07, 6.45) is 5.51. The molecule has 0 bridgehead atoms. The molecule has 0 saturated heterocycles. The average Bonchev–Trinajstić information content (AvgIpc) is 3.36. The van der Waals surface area contributed by atoms with Crippen molar-refractivity contribution in [3.8, 4) is 10.6 Å². The van der Waals surface area contributed by atoms with Crippen LogP contribution in [0.2, 0.25) is 0 Å². The summed E-state index contributed by atoms with van der Waals surface area (Å²) >= 11 is 1.65. The molecular weight excluding hydrogens is 420 g/mol. The van der Waals surface area contributed by atoms with E-state index in [0.29, 0.717) is 24.5 Å². The van der Waals surface area contributed by atoms with Crippen molar-refractivity contribution >= 4 is 17.3 Å². The van der Waals surface area contributed by atoms with Crippen LogP contribution in [0.15, 0.2) is 55.1 Å². The standard InChI is InChI=1S/C22H21F2N5OS/c1-14-2-3-21(31-14)20-4-5-25-22(28-20)27-19(12-30)9-18-11-29(13-26-18)10-15-6-16(23)8-17(24)7-15/h2-8,11,13,19,30H,9-10,12H2,1H3,(H,25,27,28)/t19-/m0/s1. The van der Waals surface area contributed by atoms with Gasteiger partial charge in [0.1, 0.15) is 11.6 Å². The second kappa shape index (κ2) is 9.32. The molecular formula is C22H21F2N5OS. The highest BCUT2D eigenvalue weighted by Gasteiger charge is 2.13. The van der Waals surface area contributed by atoms with Crippen molar-refractivity contribution in [1.29, 1.82) is 0 Å². The molecule has 6 nitrogen and oxygen atoms in total. The predicted molar refractivity (Wildman–Crippen MR) is 116 cm³/mol. The van der Waals surface area contributed by atoms with E-state index in [0.717, 1.165) is 22.3 Å². The van der Waals surface area contributed by atoms with Gasteiger partial charge in [-0.15, -0.1) is 11.3 Å². The fourth-order valence-electron chi connectivity index (χ4n) is 3.25. The highest BCUT2D eigenvalue weighted by Crippen LogP contribution is 2.26. The van der Waals surface area contributed by atoms with Crippen molar-refractivity contribution in [3.05, 3.63) is 82.9 Å². The topological polar surface area (TPSA) is 75.9 Å². The quantitative estimate of drug-likeness (QED) is 0.431. The molecule has 160 valence electrons. The van der Waals surface area contributed by atoms with Gasteiger partial charge in [0, 0.05) is 36.3 Å². The molecule has 9 heteroatoms. The molecule has 3 heterocycles. The minimum atomic E-state index is -0.611. The summed E-state index contributed by atoms with van der Waals surface area (Å²) < 4.78 is 28.5. The smallest absolute Gasteiger partial charge is 0.223 e. The summed E-state index contributed by atoms with van der Waals surface area (Å²) in [6.45, 7) is 2.21. The van der Waals surface area contributed by atoms with E-state index in [-0.39, 0.29) is 12.6 Å². The molecule has 0 aliphatic rings. The molecule has 0 aliphatic heterocycles. The lowest BCUT2D eigenvalue weighted by molar-refractivity contribution is 0.272. The summed E-state index contributed by atoms with van der Waals surface area (Å²) in [5.74, 6) is -0.795. The molecule has 1 aromatic carbocycles. The van der Waals surface area contributed by atoms with Crippen molar-refractivity contribution in [2.45, 2.75) is 25.9 Å². The number of nitrogens with zero attached hydrogens (tertiary/aromatic N) is 4. The van der Waals surface area contributed by atoms with E-state index in [1.54, 1.807) is 34.6 Å². The Morgan fingerprint density at radius 3 is 2.65 bits per heavy atom. The Bertz CT molecular complexity index is 1160. The summed E-state index contributed by atoms with van der Waals surface area (Å²) in [5, 5.41) is 13.0. The second-order valence-electron chi connectivity index (χ2n) is 7.22. The van der Waals surface area contributed by atoms with Gasteiger partial charge in [-0.2, -0.15) is 0 Å². The number of aliphatic hydroxyl groups excluding tert-OH is 1. The number of aliphatic hydroxyl groups is 1. The van der Waals surface area contributed by atoms with E-state index < -0.39 is 11.6 Å². The monoisotopic (exact) mass is 441 g/mol. The summed E-state index contributed by atoms with van der Waals surface area (Å²) in [4.78, 5) is 15.4. The van der Waals surface area contributed by atoms with Crippen LogP contribution in [0.5, 0.6) is 0 Å². The predicted octanol–water partition coefficient (Wildman–Crippen LogP) is 4.05. The minimum Gasteiger partial charge on any atom is -0.394 e. The van der Waals surface area contributed by atoms with Crippen molar-refractivity contribution in [1.82, 2.24) is 19.5 Å². The lowest BCUT2D eigenvalue weighted by Crippen LogP contribution is -2.27. The molecule has 0 fully saturated rings. The summed E-state index contributed by atoms with van der Waals surface area (Å²) in [7, 11) is 0. The van der Waals surface area contributed by atoms with Gasteiger partial charge < -0.3 is 15.0 Å². The molecule has 0 amide bonds. The fraction of sp³-hybridized carbons (Fsp3) is 0.227. The van der Waals surface area contributed by atoms with Gasteiger partial charge in [0.05, 0.1) is 35.2 Å². The number of thiophene rings is 1. The molecule has 0 aliphatic carbocycles. The molecule has 1 atom stereocenters. The van der Waals surface area contributed by atoms with Crippen LogP contribution in [0, 0.1) is 18.6 Å².